The predicted molar refractivity (Wildman–Crippen MR) is 92.4 cm³/mol. The van der Waals surface area contributed by atoms with E-state index in [0.717, 1.165) is 25.4 Å². The van der Waals surface area contributed by atoms with Gasteiger partial charge in [0.1, 0.15) is 5.82 Å². The Balaban J connectivity index is 1.82. The van der Waals surface area contributed by atoms with Gasteiger partial charge in [-0.15, -0.1) is 0 Å². The number of rotatable bonds is 8. The van der Waals surface area contributed by atoms with Crippen LogP contribution in [0.2, 0.25) is 0 Å². The summed E-state index contributed by atoms with van der Waals surface area (Å²) in [5.74, 6) is -0.919. The van der Waals surface area contributed by atoms with Crippen molar-refractivity contribution in [1.29, 1.82) is 0 Å². The SMILES string of the molecule is CS(=O)(=O)N(CCNC(=O)c1cccc(F)c1)CCN1CCOCC1. The molecule has 0 atom stereocenters. The Morgan fingerprint density at radius 3 is 2.68 bits per heavy atom. The third kappa shape index (κ3) is 6.69. The summed E-state index contributed by atoms with van der Waals surface area (Å²) >= 11 is 0. The van der Waals surface area contributed by atoms with Crippen molar-refractivity contribution in [2.24, 2.45) is 0 Å². The Labute approximate surface area is 147 Å². The molecule has 0 bridgehead atoms. The van der Waals surface area contributed by atoms with Gasteiger partial charge >= 0.3 is 0 Å². The fourth-order valence-corrected chi connectivity index (χ4v) is 3.38. The van der Waals surface area contributed by atoms with Gasteiger partial charge in [0, 0.05) is 44.8 Å². The summed E-state index contributed by atoms with van der Waals surface area (Å²) in [4.78, 5) is 14.1. The molecule has 9 heteroatoms. The molecule has 1 fully saturated rings. The third-order valence-electron chi connectivity index (χ3n) is 3.97. The number of hydrogen-bond acceptors (Lipinski definition) is 5. The van der Waals surface area contributed by atoms with Crippen LogP contribution >= 0.6 is 0 Å². The lowest BCUT2D eigenvalue weighted by Gasteiger charge is -2.29. The van der Waals surface area contributed by atoms with Crippen molar-refractivity contribution in [3.63, 3.8) is 0 Å². The second-order valence-electron chi connectivity index (χ2n) is 5.88. The van der Waals surface area contributed by atoms with Crippen LogP contribution in [0.3, 0.4) is 0 Å². The maximum atomic E-state index is 13.1. The molecule has 1 saturated heterocycles. The number of carbonyl (C=O) groups is 1. The molecular weight excluding hydrogens is 349 g/mol. The number of benzene rings is 1. The van der Waals surface area contributed by atoms with E-state index in [-0.39, 0.29) is 18.7 Å². The number of sulfonamides is 1. The normalized spacial score (nSPS) is 16.1. The van der Waals surface area contributed by atoms with Gasteiger partial charge in [-0.05, 0) is 18.2 Å². The molecule has 1 amide bonds. The number of ether oxygens (including phenoxy) is 1. The van der Waals surface area contributed by atoms with Crippen molar-refractivity contribution in [2.45, 2.75) is 0 Å². The number of hydrogen-bond donors (Lipinski definition) is 1. The number of nitrogens with zero attached hydrogens (tertiary/aromatic N) is 2. The molecule has 0 radical (unpaired) electrons. The first kappa shape index (κ1) is 19.8. The van der Waals surface area contributed by atoms with Crippen LogP contribution in [0.25, 0.3) is 0 Å². The Hall–Kier alpha value is -1.55. The highest BCUT2D eigenvalue weighted by Crippen LogP contribution is 2.04. The number of halogens is 1. The summed E-state index contributed by atoms with van der Waals surface area (Å²) in [5, 5.41) is 2.62. The molecule has 1 N–H and O–H groups in total. The molecular formula is C16H24FN3O4S. The van der Waals surface area contributed by atoms with Crippen LogP contribution in [-0.4, -0.2) is 82.3 Å². The Bertz CT molecular complexity index is 678. The van der Waals surface area contributed by atoms with Crippen molar-refractivity contribution < 1.29 is 22.3 Å². The molecule has 1 aliphatic rings. The molecule has 0 spiro atoms. The molecule has 0 saturated carbocycles. The molecule has 25 heavy (non-hydrogen) atoms. The van der Waals surface area contributed by atoms with E-state index in [1.54, 1.807) is 0 Å². The van der Waals surface area contributed by atoms with E-state index in [9.17, 15) is 17.6 Å². The molecule has 140 valence electrons. The first-order valence-corrected chi connectivity index (χ1v) is 10.00. The lowest BCUT2D eigenvalue weighted by Crippen LogP contribution is -2.44. The molecule has 1 aromatic rings. The Morgan fingerprint density at radius 1 is 1.32 bits per heavy atom. The number of carbonyl (C=O) groups excluding carboxylic acids is 1. The molecule has 7 nitrogen and oxygen atoms in total. The van der Waals surface area contributed by atoms with E-state index in [1.165, 1.54) is 22.5 Å². The maximum absolute atomic E-state index is 13.1. The summed E-state index contributed by atoms with van der Waals surface area (Å²) in [5.41, 5.74) is 0.208. The van der Waals surface area contributed by atoms with E-state index in [0.29, 0.717) is 26.3 Å². The van der Waals surface area contributed by atoms with Crippen molar-refractivity contribution in [2.75, 3.05) is 58.7 Å². The maximum Gasteiger partial charge on any atom is 0.251 e. The zero-order chi connectivity index (χ0) is 18.3. The molecule has 0 aromatic heterocycles. The monoisotopic (exact) mass is 373 g/mol. The van der Waals surface area contributed by atoms with Gasteiger partial charge in [-0.25, -0.2) is 12.8 Å². The first-order chi connectivity index (χ1) is 11.9. The van der Waals surface area contributed by atoms with Gasteiger partial charge in [0.2, 0.25) is 10.0 Å². The van der Waals surface area contributed by atoms with Gasteiger partial charge in [-0.1, -0.05) is 6.07 Å². The van der Waals surface area contributed by atoms with Crippen LogP contribution in [-0.2, 0) is 14.8 Å². The molecule has 2 rings (SSSR count). The number of amides is 1. The lowest BCUT2D eigenvalue weighted by atomic mass is 10.2. The van der Waals surface area contributed by atoms with Crippen molar-refractivity contribution in [3.05, 3.63) is 35.6 Å². The van der Waals surface area contributed by atoms with E-state index in [1.807, 2.05) is 0 Å². The Kier molecular flexibility index (Phi) is 7.30. The highest BCUT2D eigenvalue weighted by molar-refractivity contribution is 7.88. The summed E-state index contributed by atoms with van der Waals surface area (Å²) in [6.07, 6.45) is 1.15. The van der Waals surface area contributed by atoms with Crippen LogP contribution in [0.5, 0.6) is 0 Å². The third-order valence-corrected chi connectivity index (χ3v) is 5.28. The Morgan fingerprint density at radius 2 is 2.04 bits per heavy atom. The van der Waals surface area contributed by atoms with Crippen molar-refractivity contribution >= 4 is 15.9 Å². The number of nitrogens with one attached hydrogen (secondary N) is 1. The second-order valence-corrected chi connectivity index (χ2v) is 7.86. The smallest absolute Gasteiger partial charge is 0.251 e. The summed E-state index contributed by atoms with van der Waals surface area (Å²) in [7, 11) is -3.37. The van der Waals surface area contributed by atoms with Crippen molar-refractivity contribution in [3.8, 4) is 0 Å². The summed E-state index contributed by atoms with van der Waals surface area (Å²) in [6.45, 7) is 4.19. The molecule has 1 heterocycles. The minimum atomic E-state index is -3.37. The van der Waals surface area contributed by atoms with Gasteiger partial charge < -0.3 is 10.1 Å². The van der Waals surface area contributed by atoms with Crippen LogP contribution in [0, 0.1) is 5.82 Å². The predicted octanol–water partition coefficient (Wildman–Crippen LogP) is 0.149. The zero-order valence-electron chi connectivity index (χ0n) is 14.3. The average molecular weight is 373 g/mol. The zero-order valence-corrected chi connectivity index (χ0v) is 15.1. The van der Waals surface area contributed by atoms with Crippen LogP contribution < -0.4 is 5.32 Å². The van der Waals surface area contributed by atoms with E-state index in [2.05, 4.69) is 10.2 Å². The lowest BCUT2D eigenvalue weighted by molar-refractivity contribution is 0.0363. The highest BCUT2D eigenvalue weighted by Gasteiger charge is 2.19. The van der Waals surface area contributed by atoms with Gasteiger partial charge in [-0.2, -0.15) is 4.31 Å². The molecule has 0 aliphatic carbocycles. The minimum Gasteiger partial charge on any atom is -0.379 e. The van der Waals surface area contributed by atoms with Gasteiger partial charge in [0.15, 0.2) is 0 Å². The minimum absolute atomic E-state index is 0.158. The van der Waals surface area contributed by atoms with Crippen LogP contribution in [0.1, 0.15) is 10.4 Å². The largest absolute Gasteiger partial charge is 0.379 e. The second kappa shape index (κ2) is 9.23. The van der Waals surface area contributed by atoms with E-state index < -0.39 is 21.7 Å². The standard InChI is InChI=1S/C16H24FN3O4S/c1-25(22,23)20(8-7-19-9-11-24-12-10-19)6-5-18-16(21)14-3-2-4-15(17)13-14/h2-4,13H,5-12H2,1H3,(H,18,21). The van der Waals surface area contributed by atoms with Gasteiger partial charge in [-0.3, -0.25) is 9.69 Å². The quantitative estimate of drug-likeness (QED) is 0.702. The summed E-state index contributed by atoms with van der Waals surface area (Å²) < 4.78 is 43.6. The first-order valence-electron chi connectivity index (χ1n) is 8.15. The van der Waals surface area contributed by atoms with Crippen LogP contribution in [0.15, 0.2) is 24.3 Å². The van der Waals surface area contributed by atoms with Crippen LogP contribution in [0.4, 0.5) is 4.39 Å². The fraction of sp³-hybridized carbons (Fsp3) is 0.562. The van der Waals surface area contributed by atoms with Gasteiger partial charge in [0.05, 0.1) is 19.5 Å². The highest BCUT2D eigenvalue weighted by atomic mass is 32.2. The van der Waals surface area contributed by atoms with E-state index >= 15 is 0 Å². The molecule has 1 aromatic carbocycles. The summed E-state index contributed by atoms with van der Waals surface area (Å²) in [6, 6.07) is 5.36. The molecule has 0 unspecified atom stereocenters. The molecule has 1 aliphatic heterocycles. The van der Waals surface area contributed by atoms with Gasteiger partial charge in [0.25, 0.3) is 5.91 Å². The average Bonchev–Trinajstić information content (AvgIpc) is 2.57. The topological polar surface area (TPSA) is 79.0 Å². The van der Waals surface area contributed by atoms with E-state index in [4.69, 9.17) is 4.74 Å². The number of morpholine rings is 1. The fourth-order valence-electron chi connectivity index (χ4n) is 2.55. The van der Waals surface area contributed by atoms with Crippen molar-refractivity contribution in [1.82, 2.24) is 14.5 Å².